The molecule has 0 aliphatic heterocycles. The van der Waals surface area contributed by atoms with Gasteiger partial charge in [-0.25, -0.2) is 4.52 Å². The summed E-state index contributed by atoms with van der Waals surface area (Å²) in [6.45, 7) is 4.20. The number of nitrogens with zero attached hydrogens (tertiary/aromatic N) is 3. The van der Waals surface area contributed by atoms with Crippen LogP contribution in [0.5, 0.6) is 0 Å². The molecule has 0 saturated carbocycles. The third-order valence-corrected chi connectivity index (χ3v) is 3.22. The van der Waals surface area contributed by atoms with Gasteiger partial charge in [-0.15, -0.1) is 11.6 Å². The number of carbonyl (C=O) groups is 1. The van der Waals surface area contributed by atoms with Crippen LogP contribution in [-0.2, 0) is 0 Å². The molecule has 1 atom stereocenters. The minimum Gasteiger partial charge on any atom is -0.348 e. The molecule has 2 aromatic heterocycles. The summed E-state index contributed by atoms with van der Waals surface area (Å²) in [6.07, 6.45) is 7.36. The van der Waals surface area contributed by atoms with E-state index in [1.807, 2.05) is 0 Å². The summed E-state index contributed by atoms with van der Waals surface area (Å²) < 4.78 is 1.63. The summed E-state index contributed by atoms with van der Waals surface area (Å²) in [5.41, 5.74) is 1.21. The van der Waals surface area contributed by atoms with Gasteiger partial charge < -0.3 is 5.32 Å². The van der Waals surface area contributed by atoms with Crippen molar-refractivity contribution in [1.29, 1.82) is 0 Å². The molecule has 2 aromatic rings. The Bertz CT molecular complexity index is 567. The topological polar surface area (TPSA) is 59.3 Å². The Morgan fingerprint density at radius 3 is 2.95 bits per heavy atom. The smallest absolute Gasteiger partial charge is 0.255 e. The number of aromatic nitrogens is 3. The maximum Gasteiger partial charge on any atom is 0.255 e. The summed E-state index contributed by atoms with van der Waals surface area (Å²) in [5, 5.41) is 7.06. The summed E-state index contributed by atoms with van der Waals surface area (Å²) in [5.74, 6) is 0.727. The van der Waals surface area contributed by atoms with Crippen molar-refractivity contribution in [3.8, 4) is 0 Å². The lowest BCUT2D eigenvalue weighted by atomic mass is 10.0. The SMILES string of the molecule is CC(C)CC(CCl)NC(=O)c1cnn2ccncc12. The van der Waals surface area contributed by atoms with Crippen LogP contribution in [0.25, 0.3) is 5.52 Å². The first-order valence-electron chi connectivity index (χ1n) is 6.26. The maximum atomic E-state index is 12.2. The molecule has 0 aromatic carbocycles. The first-order valence-corrected chi connectivity index (χ1v) is 6.79. The van der Waals surface area contributed by atoms with Crippen LogP contribution in [-0.4, -0.2) is 32.4 Å². The van der Waals surface area contributed by atoms with E-state index in [9.17, 15) is 4.79 Å². The lowest BCUT2D eigenvalue weighted by Gasteiger charge is -2.17. The zero-order valence-electron chi connectivity index (χ0n) is 11.0. The van der Waals surface area contributed by atoms with Crippen molar-refractivity contribution in [2.75, 3.05) is 5.88 Å². The van der Waals surface area contributed by atoms with Crippen LogP contribution in [0.15, 0.2) is 24.8 Å². The van der Waals surface area contributed by atoms with Gasteiger partial charge in [0, 0.05) is 24.3 Å². The number of nitrogens with one attached hydrogen (secondary N) is 1. The Hall–Kier alpha value is -1.62. The molecule has 0 aliphatic rings. The van der Waals surface area contributed by atoms with Crippen molar-refractivity contribution in [3.63, 3.8) is 0 Å². The molecule has 5 nitrogen and oxygen atoms in total. The third-order valence-electron chi connectivity index (χ3n) is 2.85. The Morgan fingerprint density at radius 2 is 2.26 bits per heavy atom. The second kappa shape index (κ2) is 6.02. The van der Waals surface area contributed by atoms with Gasteiger partial charge in [-0.05, 0) is 12.3 Å². The molecule has 0 aliphatic carbocycles. The molecule has 1 amide bonds. The van der Waals surface area contributed by atoms with Crippen molar-refractivity contribution in [2.45, 2.75) is 26.3 Å². The monoisotopic (exact) mass is 280 g/mol. The van der Waals surface area contributed by atoms with Crippen LogP contribution in [0.3, 0.4) is 0 Å². The molecule has 19 heavy (non-hydrogen) atoms. The second-order valence-corrected chi connectivity index (χ2v) is 5.23. The highest BCUT2D eigenvalue weighted by atomic mass is 35.5. The Balaban J connectivity index is 2.15. The van der Waals surface area contributed by atoms with E-state index >= 15 is 0 Å². The summed E-state index contributed by atoms with van der Waals surface area (Å²) in [4.78, 5) is 16.2. The highest BCUT2D eigenvalue weighted by molar-refractivity contribution is 6.18. The predicted octanol–water partition coefficient (Wildman–Crippen LogP) is 2.11. The zero-order valence-corrected chi connectivity index (χ0v) is 11.8. The number of rotatable bonds is 5. The van der Waals surface area contributed by atoms with Crippen LogP contribution >= 0.6 is 11.6 Å². The van der Waals surface area contributed by atoms with Crippen LogP contribution in [0.2, 0.25) is 0 Å². The van der Waals surface area contributed by atoms with Gasteiger partial charge in [0.1, 0.15) is 0 Å². The van der Waals surface area contributed by atoms with Gasteiger partial charge in [0.2, 0.25) is 0 Å². The normalized spacial score (nSPS) is 12.8. The Labute approximate surface area is 117 Å². The molecule has 0 bridgehead atoms. The highest BCUT2D eigenvalue weighted by Crippen LogP contribution is 2.11. The molecule has 1 N–H and O–H groups in total. The molecule has 2 rings (SSSR count). The molecular formula is C13H17ClN4O. The van der Waals surface area contributed by atoms with Crippen molar-refractivity contribution in [2.24, 2.45) is 5.92 Å². The number of hydrogen-bond acceptors (Lipinski definition) is 3. The Morgan fingerprint density at radius 1 is 1.47 bits per heavy atom. The summed E-state index contributed by atoms with van der Waals surface area (Å²) in [7, 11) is 0. The van der Waals surface area contributed by atoms with E-state index in [-0.39, 0.29) is 11.9 Å². The number of hydrogen-bond donors (Lipinski definition) is 1. The summed E-state index contributed by atoms with van der Waals surface area (Å²) in [6, 6.07) is -0.0270. The molecule has 0 fully saturated rings. The number of amides is 1. The number of halogens is 1. The van der Waals surface area contributed by atoms with E-state index in [0.717, 1.165) is 6.42 Å². The van der Waals surface area contributed by atoms with E-state index in [0.29, 0.717) is 22.9 Å². The van der Waals surface area contributed by atoms with E-state index < -0.39 is 0 Å². The lowest BCUT2D eigenvalue weighted by molar-refractivity contribution is 0.0938. The van der Waals surface area contributed by atoms with Gasteiger partial charge in [0.05, 0.1) is 23.5 Å². The molecule has 6 heteroatoms. The minimum absolute atomic E-state index is 0.0270. The number of carbonyl (C=O) groups excluding carboxylic acids is 1. The van der Waals surface area contributed by atoms with Crippen LogP contribution in [0.4, 0.5) is 0 Å². The Kier molecular flexibility index (Phi) is 4.37. The van der Waals surface area contributed by atoms with Gasteiger partial charge in [0.15, 0.2) is 0 Å². The van der Waals surface area contributed by atoms with Gasteiger partial charge in [-0.3, -0.25) is 9.78 Å². The van der Waals surface area contributed by atoms with Crippen molar-refractivity contribution < 1.29 is 4.79 Å². The molecule has 0 spiro atoms. The molecule has 0 saturated heterocycles. The molecule has 1 unspecified atom stereocenters. The van der Waals surface area contributed by atoms with Crippen molar-refractivity contribution in [3.05, 3.63) is 30.4 Å². The first kappa shape index (κ1) is 13.8. The average molecular weight is 281 g/mol. The molecule has 0 radical (unpaired) electrons. The van der Waals surface area contributed by atoms with E-state index in [1.54, 1.807) is 29.3 Å². The maximum absolute atomic E-state index is 12.2. The standard InChI is InChI=1S/C13H17ClN4O/c1-9(2)5-10(6-14)17-13(19)11-7-16-18-4-3-15-8-12(11)18/h3-4,7-10H,5-6H2,1-2H3,(H,17,19). The van der Waals surface area contributed by atoms with Crippen molar-refractivity contribution >= 4 is 23.0 Å². The van der Waals surface area contributed by atoms with Crippen LogP contribution in [0.1, 0.15) is 30.6 Å². The van der Waals surface area contributed by atoms with Crippen molar-refractivity contribution in [1.82, 2.24) is 19.9 Å². The van der Waals surface area contributed by atoms with Crippen LogP contribution in [0, 0.1) is 5.92 Å². The quantitative estimate of drug-likeness (QED) is 0.854. The minimum atomic E-state index is -0.158. The second-order valence-electron chi connectivity index (χ2n) is 4.92. The largest absolute Gasteiger partial charge is 0.348 e. The zero-order chi connectivity index (χ0) is 13.8. The number of alkyl halides is 1. The van der Waals surface area contributed by atoms with Gasteiger partial charge in [-0.2, -0.15) is 5.10 Å². The van der Waals surface area contributed by atoms with Gasteiger partial charge in [0.25, 0.3) is 5.91 Å². The average Bonchev–Trinajstić information content (AvgIpc) is 2.81. The fraction of sp³-hybridized carbons (Fsp3) is 0.462. The fourth-order valence-corrected chi connectivity index (χ4v) is 2.21. The first-order chi connectivity index (χ1) is 9.11. The van der Waals surface area contributed by atoms with Gasteiger partial charge >= 0.3 is 0 Å². The lowest BCUT2D eigenvalue weighted by Crippen LogP contribution is -2.37. The van der Waals surface area contributed by atoms with E-state index in [1.165, 1.54) is 0 Å². The van der Waals surface area contributed by atoms with Crippen LogP contribution < -0.4 is 5.32 Å². The van der Waals surface area contributed by atoms with E-state index in [2.05, 4.69) is 29.2 Å². The molecule has 2 heterocycles. The predicted molar refractivity (Wildman–Crippen MR) is 74.4 cm³/mol. The highest BCUT2D eigenvalue weighted by Gasteiger charge is 2.17. The number of fused-ring (bicyclic) bond motifs is 1. The summed E-state index contributed by atoms with van der Waals surface area (Å²) >= 11 is 5.89. The van der Waals surface area contributed by atoms with E-state index in [4.69, 9.17) is 11.6 Å². The van der Waals surface area contributed by atoms with Gasteiger partial charge in [-0.1, -0.05) is 13.8 Å². The molecular weight excluding hydrogens is 264 g/mol. The molecule has 102 valence electrons. The fourth-order valence-electron chi connectivity index (χ4n) is 2.00. The third kappa shape index (κ3) is 3.23.